The summed E-state index contributed by atoms with van der Waals surface area (Å²) in [7, 11) is -0.838. The van der Waals surface area contributed by atoms with Crippen molar-refractivity contribution < 1.29 is 22.8 Å². The molecule has 2 aromatic rings. The zero-order valence-electron chi connectivity index (χ0n) is 17.0. The number of anilines is 1. The van der Waals surface area contributed by atoms with E-state index >= 15 is 0 Å². The van der Waals surface area contributed by atoms with Gasteiger partial charge in [-0.25, -0.2) is 13.1 Å². The zero-order valence-corrected chi connectivity index (χ0v) is 17.8. The van der Waals surface area contributed by atoms with Gasteiger partial charge < -0.3 is 14.8 Å². The second-order valence-electron chi connectivity index (χ2n) is 7.33. The highest BCUT2D eigenvalue weighted by atomic mass is 32.2. The average Bonchev–Trinajstić information content (AvgIpc) is 2.63. The second-order valence-corrected chi connectivity index (χ2v) is 9.02. The predicted molar refractivity (Wildman–Crippen MR) is 110 cm³/mol. The molecule has 0 aromatic heterocycles. The van der Waals surface area contributed by atoms with E-state index in [-0.39, 0.29) is 22.8 Å². The van der Waals surface area contributed by atoms with Crippen molar-refractivity contribution in [2.45, 2.75) is 37.8 Å². The molecule has 0 amide bonds. The van der Waals surface area contributed by atoms with E-state index < -0.39 is 20.5 Å². The van der Waals surface area contributed by atoms with Gasteiger partial charge in [-0.05, 0) is 50.6 Å². The Balaban J connectivity index is 2.29. The van der Waals surface area contributed by atoms with Crippen LogP contribution in [0.5, 0.6) is 11.5 Å². The lowest BCUT2D eigenvalue weighted by Gasteiger charge is -2.20. The summed E-state index contributed by atoms with van der Waals surface area (Å²) in [5, 5.41) is 14.5. The van der Waals surface area contributed by atoms with E-state index in [1.54, 1.807) is 39.0 Å². The molecule has 0 spiro atoms. The SMILES string of the molecule is COc1ccc(CNc2ccc(S(=O)(=O)NC(C)(C)C)cc2[N+](=O)[O-])cc1OC. The van der Waals surface area contributed by atoms with Gasteiger partial charge in [-0.3, -0.25) is 10.1 Å². The molecular weight excluding hydrogens is 398 g/mol. The lowest BCUT2D eigenvalue weighted by Crippen LogP contribution is -2.40. The van der Waals surface area contributed by atoms with Gasteiger partial charge in [0.25, 0.3) is 5.69 Å². The maximum absolute atomic E-state index is 12.5. The summed E-state index contributed by atoms with van der Waals surface area (Å²) in [4.78, 5) is 10.7. The highest BCUT2D eigenvalue weighted by Crippen LogP contribution is 2.30. The summed E-state index contributed by atoms with van der Waals surface area (Å²) in [6.45, 7) is 5.35. The number of nitro groups is 1. The predicted octanol–water partition coefficient (Wildman–Crippen LogP) is 3.30. The molecule has 2 rings (SSSR count). The van der Waals surface area contributed by atoms with Crippen molar-refractivity contribution in [1.82, 2.24) is 4.72 Å². The van der Waals surface area contributed by atoms with E-state index in [9.17, 15) is 18.5 Å². The molecule has 0 saturated carbocycles. The number of nitrogens with one attached hydrogen (secondary N) is 2. The van der Waals surface area contributed by atoms with Crippen molar-refractivity contribution in [2.75, 3.05) is 19.5 Å². The molecule has 0 atom stereocenters. The standard InChI is InChI=1S/C19H25N3O6S/c1-19(2,3)21-29(25,26)14-7-8-15(16(11-14)22(23)24)20-12-13-6-9-17(27-4)18(10-13)28-5/h6-11,20-21H,12H2,1-5H3. The minimum atomic E-state index is -3.89. The van der Waals surface area contributed by atoms with Gasteiger partial charge in [0.05, 0.1) is 24.0 Å². The zero-order chi connectivity index (χ0) is 21.8. The van der Waals surface area contributed by atoms with Crippen LogP contribution in [0.1, 0.15) is 26.3 Å². The lowest BCUT2D eigenvalue weighted by molar-refractivity contribution is -0.384. The Morgan fingerprint density at radius 1 is 1.03 bits per heavy atom. The minimum Gasteiger partial charge on any atom is -0.493 e. The van der Waals surface area contributed by atoms with Crippen molar-refractivity contribution in [1.29, 1.82) is 0 Å². The van der Waals surface area contributed by atoms with Crippen LogP contribution in [0, 0.1) is 10.1 Å². The summed E-state index contributed by atoms with van der Waals surface area (Å²) < 4.78 is 37.8. The second kappa shape index (κ2) is 8.66. The third-order valence-corrected chi connectivity index (χ3v) is 5.60. The van der Waals surface area contributed by atoms with E-state index in [0.29, 0.717) is 11.5 Å². The Kier molecular flexibility index (Phi) is 6.70. The molecule has 0 aliphatic carbocycles. The van der Waals surface area contributed by atoms with Gasteiger partial charge in [0.2, 0.25) is 10.0 Å². The number of nitrogens with zero attached hydrogens (tertiary/aromatic N) is 1. The number of benzene rings is 2. The molecule has 158 valence electrons. The Bertz CT molecular complexity index is 999. The molecule has 0 saturated heterocycles. The largest absolute Gasteiger partial charge is 0.493 e. The van der Waals surface area contributed by atoms with Crippen LogP contribution in [0.4, 0.5) is 11.4 Å². The van der Waals surface area contributed by atoms with Crippen LogP contribution in [0.15, 0.2) is 41.3 Å². The lowest BCUT2D eigenvalue weighted by atomic mass is 10.1. The smallest absolute Gasteiger partial charge is 0.293 e. The topological polar surface area (TPSA) is 120 Å². The minimum absolute atomic E-state index is 0.171. The molecular formula is C19H25N3O6S. The first-order valence-electron chi connectivity index (χ1n) is 8.74. The van der Waals surface area contributed by atoms with Crippen LogP contribution < -0.4 is 19.5 Å². The van der Waals surface area contributed by atoms with Crippen molar-refractivity contribution in [2.24, 2.45) is 0 Å². The molecule has 0 bridgehead atoms. The van der Waals surface area contributed by atoms with Crippen LogP contribution in [-0.2, 0) is 16.6 Å². The first-order valence-corrected chi connectivity index (χ1v) is 10.2. The molecule has 0 radical (unpaired) electrons. The summed E-state index contributed by atoms with van der Waals surface area (Å²) >= 11 is 0. The van der Waals surface area contributed by atoms with Gasteiger partial charge in [0.15, 0.2) is 11.5 Å². The molecule has 0 heterocycles. The molecule has 0 fully saturated rings. The first-order chi connectivity index (χ1) is 13.5. The van der Waals surface area contributed by atoms with Gasteiger partial charge in [0.1, 0.15) is 5.69 Å². The third kappa shape index (κ3) is 5.81. The summed E-state index contributed by atoms with van der Waals surface area (Å²) in [6.07, 6.45) is 0. The molecule has 10 heteroatoms. The number of sulfonamides is 1. The highest BCUT2D eigenvalue weighted by Gasteiger charge is 2.25. The fourth-order valence-corrected chi connectivity index (χ4v) is 4.07. The van der Waals surface area contributed by atoms with Gasteiger partial charge in [-0.15, -0.1) is 0 Å². The molecule has 29 heavy (non-hydrogen) atoms. The van der Waals surface area contributed by atoms with E-state index in [4.69, 9.17) is 9.47 Å². The number of methoxy groups -OCH3 is 2. The van der Waals surface area contributed by atoms with Crippen molar-refractivity contribution in [3.63, 3.8) is 0 Å². The quantitative estimate of drug-likeness (QED) is 0.494. The Labute approximate surface area is 170 Å². The fraction of sp³-hybridized carbons (Fsp3) is 0.368. The van der Waals surface area contributed by atoms with Crippen LogP contribution in [0.3, 0.4) is 0 Å². The fourth-order valence-electron chi connectivity index (χ4n) is 2.63. The van der Waals surface area contributed by atoms with Crippen molar-refractivity contribution >= 4 is 21.4 Å². The number of rotatable bonds is 8. The van der Waals surface area contributed by atoms with E-state index in [1.165, 1.54) is 26.4 Å². The number of hydrogen-bond acceptors (Lipinski definition) is 7. The van der Waals surface area contributed by atoms with Crippen molar-refractivity contribution in [3.05, 3.63) is 52.1 Å². The van der Waals surface area contributed by atoms with Crippen LogP contribution in [0.2, 0.25) is 0 Å². The maximum Gasteiger partial charge on any atom is 0.293 e. The summed E-state index contributed by atoms with van der Waals surface area (Å²) in [6, 6.07) is 9.05. The normalized spacial score (nSPS) is 11.8. The maximum atomic E-state index is 12.5. The van der Waals surface area contributed by atoms with E-state index in [2.05, 4.69) is 10.0 Å². The molecule has 2 aromatic carbocycles. The summed E-state index contributed by atoms with van der Waals surface area (Å²) in [5.74, 6) is 1.11. The van der Waals surface area contributed by atoms with Gasteiger partial charge in [-0.1, -0.05) is 6.07 Å². The number of hydrogen-bond donors (Lipinski definition) is 2. The Morgan fingerprint density at radius 3 is 2.24 bits per heavy atom. The third-order valence-electron chi connectivity index (χ3n) is 3.85. The molecule has 0 unspecified atom stereocenters. The number of ether oxygens (including phenoxy) is 2. The molecule has 2 N–H and O–H groups in total. The molecule has 0 aliphatic rings. The van der Waals surface area contributed by atoms with Gasteiger partial charge >= 0.3 is 0 Å². The van der Waals surface area contributed by atoms with Gasteiger partial charge in [-0.2, -0.15) is 0 Å². The van der Waals surface area contributed by atoms with Crippen LogP contribution in [0.25, 0.3) is 0 Å². The Hall–Kier alpha value is -2.85. The average molecular weight is 423 g/mol. The summed E-state index contributed by atoms with van der Waals surface area (Å²) in [5.41, 5.74) is -0.0254. The van der Waals surface area contributed by atoms with E-state index in [1.807, 2.05) is 0 Å². The van der Waals surface area contributed by atoms with Crippen LogP contribution in [-0.4, -0.2) is 33.1 Å². The highest BCUT2D eigenvalue weighted by molar-refractivity contribution is 7.89. The Morgan fingerprint density at radius 2 is 1.69 bits per heavy atom. The van der Waals surface area contributed by atoms with E-state index in [0.717, 1.165) is 11.6 Å². The molecule has 9 nitrogen and oxygen atoms in total. The van der Waals surface area contributed by atoms with Gasteiger partial charge in [0, 0.05) is 18.2 Å². The molecule has 0 aliphatic heterocycles. The van der Waals surface area contributed by atoms with Crippen molar-refractivity contribution in [3.8, 4) is 11.5 Å². The monoisotopic (exact) mass is 423 g/mol. The number of nitro benzene ring substituents is 1. The van der Waals surface area contributed by atoms with Crippen LogP contribution >= 0.6 is 0 Å². The first kappa shape index (κ1) is 22.4.